The molecule has 2 aromatic carbocycles. The van der Waals surface area contributed by atoms with Crippen LogP contribution in [0.4, 0.5) is 13.2 Å². The van der Waals surface area contributed by atoms with Crippen LogP contribution < -0.4 is 20.5 Å². The van der Waals surface area contributed by atoms with Crippen LogP contribution in [0.1, 0.15) is 16.7 Å². The van der Waals surface area contributed by atoms with Gasteiger partial charge in [0.25, 0.3) is 0 Å². The molecular formula is C18H20BrF3IN3O2. The minimum Gasteiger partial charge on any atom is -0.493 e. The second-order valence-electron chi connectivity index (χ2n) is 5.54. The Morgan fingerprint density at radius 2 is 1.79 bits per heavy atom. The summed E-state index contributed by atoms with van der Waals surface area (Å²) in [5.74, 6) is 1.19. The monoisotopic (exact) mass is 573 g/mol. The third kappa shape index (κ3) is 6.73. The molecule has 0 saturated heterocycles. The quantitative estimate of drug-likeness (QED) is 0.298. The lowest BCUT2D eigenvalue weighted by atomic mass is 10.1. The summed E-state index contributed by atoms with van der Waals surface area (Å²) in [4.78, 5) is 4.15. The zero-order valence-electron chi connectivity index (χ0n) is 15.1. The third-order valence-corrected chi connectivity index (χ3v) is 4.21. The molecule has 0 aliphatic rings. The number of ether oxygens (including phenoxy) is 2. The summed E-state index contributed by atoms with van der Waals surface area (Å²) in [6.07, 6.45) is -4.45. The van der Waals surface area contributed by atoms with Crippen LogP contribution >= 0.6 is 39.9 Å². The van der Waals surface area contributed by atoms with Gasteiger partial charge in [0.1, 0.15) is 0 Å². The Kier molecular flexibility index (Phi) is 9.34. The Balaban J connectivity index is 0.00000392. The number of nitrogens with two attached hydrogens (primary N) is 1. The van der Waals surface area contributed by atoms with Crippen LogP contribution in [-0.4, -0.2) is 20.2 Å². The fourth-order valence-corrected chi connectivity index (χ4v) is 2.72. The van der Waals surface area contributed by atoms with E-state index in [4.69, 9.17) is 15.2 Å². The summed E-state index contributed by atoms with van der Waals surface area (Å²) in [7, 11) is 3.06. The lowest BCUT2D eigenvalue weighted by molar-refractivity contribution is -0.138. The summed E-state index contributed by atoms with van der Waals surface area (Å²) in [5, 5.41) is 2.71. The lowest BCUT2D eigenvalue weighted by Crippen LogP contribution is -2.31. The van der Waals surface area contributed by atoms with E-state index in [9.17, 15) is 13.2 Å². The van der Waals surface area contributed by atoms with E-state index in [1.165, 1.54) is 20.3 Å². The summed E-state index contributed by atoms with van der Waals surface area (Å²) in [6.45, 7) is 0.148. The first-order valence-corrected chi connectivity index (χ1v) is 8.64. The average molecular weight is 574 g/mol. The van der Waals surface area contributed by atoms with Crippen LogP contribution in [0, 0.1) is 0 Å². The molecule has 0 radical (unpaired) electrons. The summed E-state index contributed by atoms with van der Waals surface area (Å²) >= 11 is 3.05. The highest BCUT2D eigenvalue weighted by atomic mass is 127. The molecule has 2 rings (SSSR count). The zero-order valence-corrected chi connectivity index (χ0v) is 19.1. The Bertz CT molecular complexity index is 832. The average Bonchev–Trinajstić information content (AvgIpc) is 2.64. The Morgan fingerprint density at radius 3 is 2.39 bits per heavy atom. The number of guanidine groups is 1. The van der Waals surface area contributed by atoms with Gasteiger partial charge in [0.15, 0.2) is 17.5 Å². The predicted molar refractivity (Wildman–Crippen MR) is 116 cm³/mol. The van der Waals surface area contributed by atoms with Gasteiger partial charge < -0.3 is 20.5 Å². The Morgan fingerprint density at radius 1 is 1.11 bits per heavy atom. The molecule has 0 aromatic heterocycles. The van der Waals surface area contributed by atoms with E-state index in [1.54, 1.807) is 24.3 Å². The van der Waals surface area contributed by atoms with E-state index in [0.29, 0.717) is 16.0 Å². The highest BCUT2D eigenvalue weighted by molar-refractivity contribution is 14.0. The van der Waals surface area contributed by atoms with E-state index in [-0.39, 0.29) is 48.6 Å². The maximum Gasteiger partial charge on any atom is 0.416 e. The largest absolute Gasteiger partial charge is 0.493 e. The third-order valence-electron chi connectivity index (χ3n) is 3.72. The Labute approximate surface area is 186 Å². The highest BCUT2D eigenvalue weighted by Crippen LogP contribution is 2.33. The number of benzene rings is 2. The van der Waals surface area contributed by atoms with Crippen molar-refractivity contribution in [2.24, 2.45) is 10.7 Å². The van der Waals surface area contributed by atoms with Gasteiger partial charge in [-0.2, -0.15) is 13.2 Å². The Hall–Kier alpha value is -1.69. The molecule has 2 aromatic rings. The van der Waals surface area contributed by atoms with Gasteiger partial charge in [-0.15, -0.1) is 24.0 Å². The van der Waals surface area contributed by atoms with Crippen molar-refractivity contribution >= 4 is 45.9 Å². The van der Waals surface area contributed by atoms with E-state index >= 15 is 0 Å². The number of hydrogen-bond acceptors (Lipinski definition) is 3. The topological polar surface area (TPSA) is 68.9 Å². The van der Waals surface area contributed by atoms with Crippen molar-refractivity contribution in [2.45, 2.75) is 19.3 Å². The SMILES string of the molecule is COc1ccc(CN=C(N)NCc2ccc(Br)cc2C(F)(F)F)cc1OC.I. The number of halogens is 5. The number of aliphatic imine (C=N–C) groups is 1. The second kappa shape index (κ2) is 10.7. The first kappa shape index (κ1) is 24.3. The number of alkyl halides is 3. The first-order valence-electron chi connectivity index (χ1n) is 7.85. The molecular weight excluding hydrogens is 554 g/mol. The predicted octanol–water partition coefficient (Wildman–Crippen LogP) is 4.71. The molecule has 0 spiro atoms. The molecule has 0 bridgehead atoms. The van der Waals surface area contributed by atoms with Crippen molar-refractivity contribution in [1.29, 1.82) is 0 Å². The fourth-order valence-electron chi connectivity index (χ4n) is 2.36. The van der Waals surface area contributed by atoms with E-state index in [2.05, 4.69) is 26.2 Å². The van der Waals surface area contributed by atoms with Gasteiger partial charge in [0, 0.05) is 11.0 Å². The fraction of sp³-hybridized carbons (Fsp3) is 0.278. The van der Waals surface area contributed by atoms with Crippen LogP contribution in [0.25, 0.3) is 0 Å². The molecule has 0 atom stereocenters. The molecule has 0 saturated carbocycles. The van der Waals surface area contributed by atoms with Crippen LogP contribution in [0.15, 0.2) is 45.9 Å². The zero-order chi connectivity index (χ0) is 20.0. The van der Waals surface area contributed by atoms with Gasteiger partial charge in [-0.25, -0.2) is 4.99 Å². The molecule has 5 nitrogen and oxygen atoms in total. The van der Waals surface area contributed by atoms with Crippen molar-refractivity contribution in [3.05, 3.63) is 57.6 Å². The molecule has 0 aliphatic carbocycles. The molecule has 10 heteroatoms. The second-order valence-corrected chi connectivity index (χ2v) is 6.46. The van der Waals surface area contributed by atoms with E-state index < -0.39 is 11.7 Å². The van der Waals surface area contributed by atoms with Crippen molar-refractivity contribution < 1.29 is 22.6 Å². The van der Waals surface area contributed by atoms with Gasteiger partial charge >= 0.3 is 6.18 Å². The van der Waals surface area contributed by atoms with Crippen LogP contribution in [-0.2, 0) is 19.3 Å². The summed E-state index contributed by atoms with van der Waals surface area (Å²) in [6, 6.07) is 9.27. The van der Waals surface area contributed by atoms with Gasteiger partial charge in [0.2, 0.25) is 0 Å². The van der Waals surface area contributed by atoms with Crippen LogP contribution in [0.2, 0.25) is 0 Å². The van der Waals surface area contributed by atoms with E-state index in [0.717, 1.165) is 11.6 Å². The van der Waals surface area contributed by atoms with Crippen molar-refractivity contribution in [3.8, 4) is 11.5 Å². The summed E-state index contributed by atoms with van der Waals surface area (Å²) in [5.41, 5.74) is 5.95. The van der Waals surface area contributed by atoms with Crippen molar-refractivity contribution in [3.63, 3.8) is 0 Å². The molecule has 3 N–H and O–H groups in total. The van der Waals surface area contributed by atoms with Crippen molar-refractivity contribution in [2.75, 3.05) is 14.2 Å². The van der Waals surface area contributed by atoms with E-state index in [1.807, 2.05) is 0 Å². The summed E-state index contributed by atoms with van der Waals surface area (Å²) < 4.78 is 50.1. The number of rotatable bonds is 6. The smallest absolute Gasteiger partial charge is 0.416 e. The maximum atomic E-state index is 13.1. The first-order chi connectivity index (χ1) is 12.7. The standard InChI is InChI=1S/C18H19BrF3N3O2.HI/c1-26-15-6-3-11(7-16(15)27-2)9-24-17(23)25-10-12-4-5-13(19)8-14(12)18(20,21)22;/h3-8H,9-10H2,1-2H3,(H3,23,24,25);1H. The van der Waals surface area contributed by atoms with Crippen LogP contribution in [0.3, 0.4) is 0 Å². The van der Waals surface area contributed by atoms with Gasteiger partial charge in [-0.3, -0.25) is 0 Å². The highest BCUT2D eigenvalue weighted by Gasteiger charge is 2.33. The van der Waals surface area contributed by atoms with Gasteiger partial charge in [-0.05, 0) is 35.4 Å². The molecule has 154 valence electrons. The molecule has 0 heterocycles. The molecule has 0 aliphatic heterocycles. The van der Waals surface area contributed by atoms with Crippen LogP contribution in [0.5, 0.6) is 11.5 Å². The van der Waals surface area contributed by atoms with Gasteiger partial charge in [-0.1, -0.05) is 28.1 Å². The van der Waals surface area contributed by atoms with Crippen molar-refractivity contribution in [1.82, 2.24) is 5.32 Å². The number of hydrogen-bond donors (Lipinski definition) is 2. The minimum absolute atomic E-state index is 0. The number of methoxy groups -OCH3 is 2. The molecule has 0 fully saturated rings. The molecule has 0 amide bonds. The minimum atomic E-state index is -4.45. The maximum absolute atomic E-state index is 13.1. The normalized spacial score (nSPS) is 11.6. The molecule has 28 heavy (non-hydrogen) atoms. The number of nitrogens with zero attached hydrogens (tertiary/aromatic N) is 1. The van der Waals surface area contributed by atoms with Gasteiger partial charge in [0.05, 0.1) is 26.3 Å². The lowest BCUT2D eigenvalue weighted by Gasteiger charge is -2.14. The molecule has 0 unspecified atom stereocenters. The number of nitrogens with one attached hydrogen (secondary N) is 1.